The number of carbonyl (C=O) groups is 2. The van der Waals surface area contributed by atoms with Gasteiger partial charge < -0.3 is 15.4 Å². The highest BCUT2D eigenvalue weighted by atomic mass is 35.5. The number of fused-ring (bicyclic) bond motifs is 1. The number of para-hydroxylation sites is 1. The SMILES string of the molecule is COCCNC(=O)c1ccc(NC(=O)c2cc(C)nc3ccccc23)cc1Cl. The fourth-order valence-electron chi connectivity index (χ4n) is 2.83. The number of hydrogen-bond acceptors (Lipinski definition) is 4. The van der Waals surface area contributed by atoms with E-state index in [-0.39, 0.29) is 16.8 Å². The van der Waals surface area contributed by atoms with E-state index in [0.29, 0.717) is 30.0 Å². The van der Waals surface area contributed by atoms with Crippen molar-refractivity contribution in [3.05, 3.63) is 70.4 Å². The minimum Gasteiger partial charge on any atom is -0.383 e. The summed E-state index contributed by atoms with van der Waals surface area (Å²) in [6, 6.07) is 14.0. The van der Waals surface area contributed by atoms with Crippen LogP contribution in [-0.4, -0.2) is 37.1 Å². The lowest BCUT2D eigenvalue weighted by Crippen LogP contribution is -2.27. The molecule has 3 aromatic rings. The summed E-state index contributed by atoms with van der Waals surface area (Å²) in [6.45, 7) is 2.65. The molecule has 0 saturated carbocycles. The summed E-state index contributed by atoms with van der Waals surface area (Å²) in [6.07, 6.45) is 0. The summed E-state index contributed by atoms with van der Waals surface area (Å²) in [4.78, 5) is 29.4. The molecule has 6 nitrogen and oxygen atoms in total. The molecule has 2 N–H and O–H groups in total. The van der Waals surface area contributed by atoms with Gasteiger partial charge in [-0.1, -0.05) is 29.8 Å². The Kier molecular flexibility index (Phi) is 6.23. The lowest BCUT2D eigenvalue weighted by atomic mass is 10.1. The first kappa shape index (κ1) is 19.8. The van der Waals surface area contributed by atoms with Gasteiger partial charge in [-0.2, -0.15) is 0 Å². The predicted octanol–water partition coefficient (Wildman–Crippen LogP) is 3.83. The van der Waals surface area contributed by atoms with Crippen LogP contribution in [0, 0.1) is 6.92 Å². The largest absolute Gasteiger partial charge is 0.383 e. The molecular formula is C21H20ClN3O3. The summed E-state index contributed by atoms with van der Waals surface area (Å²) in [5.74, 6) is -0.564. The van der Waals surface area contributed by atoms with Crippen molar-refractivity contribution in [2.24, 2.45) is 0 Å². The third-order valence-electron chi connectivity index (χ3n) is 4.15. The third kappa shape index (κ3) is 4.47. The molecule has 3 rings (SSSR count). The van der Waals surface area contributed by atoms with Crippen molar-refractivity contribution in [2.45, 2.75) is 6.92 Å². The number of nitrogens with zero attached hydrogens (tertiary/aromatic N) is 1. The van der Waals surface area contributed by atoms with Crippen LogP contribution in [0.4, 0.5) is 5.69 Å². The van der Waals surface area contributed by atoms with Crippen LogP contribution in [-0.2, 0) is 4.74 Å². The molecule has 2 aromatic carbocycles. The molecule has 0 aliphatic carbocycles. The Morgan fingerprint density at radius 1 is 1.07 bits per heavy atom. The second-order valence-electron chi connectivity index (χ2n) is 6.23. The zero-order chi connectivity index (χ0) is 20.1. The molecule has 2 amide bonds. The van der Waals surface area contributed by atoms with Crippen molar-refractivity contribution in [3.8, 4) is 0 Å². The molecular weight excluding hydrogens is 378 g/mol. The topological polar surface area (TPSA) is 80.3 Å². The molecule has 0 aliphatic rings. The van der Waals surface area contributed by atoms with Crippen LogP contribution in [0.1, 0.15) is 26.4 Å². The molecule has 0 radical (unpaired) electrons. The van der Waals surface area contributed by atoms with E-state index in [1.165, 1.54) is 0 Å². The van der Waals surface area contributed by atoms with E-state index in [9.17, 15) is 9.59 Å². The van der Waals surface area contributed by atoms with Crippen molar-refractivity contribution in [1.82, 2.24) is 10.3 Å². The highest BCUT2D eigenvalue weighted by molar-refractivity contribution is 6.34. The van der Waals surface area contributed by atoms with E-state index < -0.39 is 0 Å². The predicted molar refractivity (Wildman–Crippen MR) is 110 cm³/mol. The van der Waals surface area contributed by atoms with Crippen molar-refractivity contribution in [3.63, 3.8) is 0 Å². The van der Waals surface area contributed by atoms with Crippen LogP contribution in [0.3, 0.4) is 0 Å². The molecule has 0 aliphatic heterocycles. The average Bonchev–Trinajstić information content (AvgIpc) is 2.67. The number of hydrogen-bond donors (Lipinski definition) is 2. The van der Waals surface area contributed by atoms with Gasteiger partial charge in [-0.25, -0.2) is 0 Å². The molecule has 0 saturated heterocycles. The van der Waals surface area contributed by atoms with E-state index in [4.69, 9.17) is 16.3 Å². The number of carbonyl (C=O) groups excluding carboxylic acids is 2. The first-order valence-electron chi connectivity index (χ1n) is 8.74. The molecule has 0 spiro atoms. The third-order valence-corrected chi connectivity index (χ3v) is 4.46. The van der Waals surface area contributed by atoms with E-state index in [0.717, 1.165) is 16.6 Å². The van der Waals surface area contributed by atoms with E-state index in [1.807, 2.05) is 31.2 Å². The van der Waals surface area contributed by atoms with Crippen LogP contribution in [0.5, 0.6) is 0 Å². The Morgan fingerprint density at radius 3 is 2.61 bits per heavy atom. The first-order valence-corrected chi connectivity index (χ1v) is 9.12. The van der Waals surface area contributed by atoms with Gasteiger partial charge in [0.05, 0.1) is 28.3 Å². The first-order chi connectivity index (χ1) is 13.5. The lowest BCUT2D eigenvalue weighted by molar-refractivity contribution is 0.0937. The van der Waals surface area contributed by atoms with Gasteiger partial charge in [0.15, 0.2) is 0 Å². The van der Waals surface area contributed by atoms with Crippen molar-refractivity contribution in [2.75, 3.05) is 25.6 Å². The molecule has 1 aromatic heterocycles. The van der Waals surface area contributed by atoms with Gasteiger partial charge in [0, 0.05) is 30.4 Å². The highest BCUT2D eigenvalue weighted by Crippen LogP contribution is 2.23. The van der Waals surface area contributed by atoms with E-state index in [1.54, 1.807) is 31.4 Å². The summed E-state index contributed by atoms with van der Waals surface area (Å²) in [7, 11) is 1.56. The maximum Gasteiger partial charge on any atom is 0.256 e. The normalized spacial score (nSPS) is 10.7. The quantitative estimate of drug-likeness (QED) is 0.619. The number of halogens is 1. The summed E-state index contributed by atoms with van der Waals surface area (Å²) < 4.78 is 4.90. The molecule has 0 bridgehead atoms. The molecule has 28 heavy (non-hydrogen) atoms. The number of nitrogens with one attached hydrogen (secondary N) is 2. The second-order valence-corrected chi connectivity index (χ2v) is 6.63. The highest BCUT2D eigenvalue weighted by Gasteiger charge is 2.14. The van der Waals surface area contributed by atoms with Crippen molar-refractivity contribution < 1.29 is 14.3 Å². The van der Waals surface area contributed by atoms with Crippen molar-refractivity contribution >= 4 is 40.0 Å². The van der Waals surface area contributed by atoms with Gasteiger partial charge in [0.2, 0.25) is 0 Å². The summed E-state index contributed by atoms with van der Waals surface area (Å²) in [5.41, 5.74) is 2.88. The molecule has 0 atom stereocenters. The Bertz CT molecular complexity index is 1040. The maximum absolute atomic E-state index is 12.8. The average molecular weight is 398 g/mol. The van der Waals surface area contributed by atoms with Crippen LogP contribution >= 0.6 is 11.6 Å². The maximum atomic E-state index is 12.8. The molecule has 0 unspecified atom stereocenters. The molecule has 144 valence electrons. The van der Waals surface area contributed by atoms with Gasteiger partial charge in [-0.15, -0.1) is 0 Å². The van der Waals surface area contributed by atoms with E-state index >= 15 is 0 Å². The Labute approximate surface area is 167 Å². The second kappa shape index (κ2) is 8.82. The van der Waals surface area contributed by atoms with Gasteiger partial charge in [-0.3, -0.25) is 14.6 Å². The van der Waals surface area contributed by atoms with Crippen LogP contribution in [0.15, 0.2) is 48.5 Å². The number of amides is 2. The Morgan fingerprint density at radius 2 is 1.86 bits per heavy atom. The monoisotopic (exact) mass is 397 g/mol. The number of aryl methyl sites for hydroxylation is 1. The van der Waals surface area contributed by atoms with Gasteiger partial charge >= 0.3 is 0 Å². The number of rotatable bonds is 6. The summed E-state index contributed by atoms with van der Waals surface area (Å²) in [5, 5.41) is 6.57. The van der Waals surface area contributed by atoms with Gasteiger partial charge in [0.25, 0.3) is 11.8 Å². The van der Waals surface area contributed by atoms with Crippen LogP contribution in [0.2, 0.25) is 5.02 Å². The van der Waals surface area contributed by atoms with Crippen LogP contribution < -0.4 is 10.6 Å². The van der Waals surface area contributed by atoms with Gasteiger partial charge in [-0.05, 0) is 37.3 Å². The molecule has 7 heteroatoms. The molecule has 0 fully saturated rings. The fraction of sp³-hybridized carbons (Fsp3) is 0.190. The van der Waals surface area contributed by atoms with Crippen molar-refractivity contribution in [1.29, 1.82) is 0 Å². The smallest absolute Gasteiger partial charge is 0.256 e. The Hall–Kier alpha value is -2.96. The minimum absolute atomic E-state index is 0.253. The fourth-order valence-corrected chi connectivity index (χ4v) is 3.10. The standard InChI is InChI=1S/C21H20ClN3O3/c1-13-11-17(15-5-3-4-6-19(15)24-13)21(27)25-14-7-8-16(18(22)12-14)20(26)23-9-10-28-2/h3-8,11-12H,9-10H2,1-2H3,(H,23,26)(H,25,27). The number of methoxy groups -OCH3 is 1. The number of anilines is 1. The Balaban J connectivity index is 1.80. The number of pyridine rings is 1. The molecule has 1 heterocycles. The lowest BCUT2D eigenvalue weighted by Gasteiger charge is -2.11. The minimum atomic E-state index is -0.296. The van der Waals surface area contributed by atoms with E-state index in [2.05, 4.69) is 15.6 Å². The number of aromatic nitrogens is 1. The summed E-state index contributed by atoms with van der Waals surface area (Å²) >= 11 is 6.23. The zero-order valence-electron chi connectivity index (χ0n) is 15.6. The van der Waals surface area contributed by atoms with Gasteiger partial charge in [0.1, 0.15) is 0 Å². The number of ether oxygens (including phenoxy) is 1. The zero-order valence-corrected chi connectivity index (χ0v) is 16.3. The van der Waals surface area contributed by atoms with Crippen LogP contribution in [0.25, 0.3) is 10.9 Å². The number of benzene rings is 2.